The zero-order valence-electron chi connectivity index (χ0n) is 19.8. The van der Waals surface area contributed by atoms with Crippen LogP contribution in [-0.2, 0) is 13.0 Å². The highest BCUT2D eigenvalue weighted by Gasteiger charge is 2.15. The topological polar surface area (TPSA) is 85.2 Å². The summed E-state index contributed by atoms with van der Waals surface area (Å²) in [6.07, 6.45) is 6.73. The molecular formula is C26H33N7. The molecule has 0 radical (unpaired) electrons. The maximum Gasteiger partial charge on any atom is 0.205 e. The molecule has 0 aliphatic carbocycles. The van der Waals surface area contributed by atoms with Crippen molar-refractivity contribution in [1.82, 2.24) is 35.4 Å². The van der Waals surface area contributed by atoms with E-state index in [1.165, 1.54) is 24.8 Å². The molecule has 4 aromatic rings. The highest BCUT2D eigenvalue weighted by Crippen LogP contribution is 2.30. The summed E-state index contributed by atoms with van der Waals surface area (Å²) < 4.78 is 2.14. The van der Waals surface area contributed by atoms with Crippen LogP contribution in [-0.4, -0.2) is 35.4 Å². The fraction of sp³-hybridized carbons (Fsp3) is 0.423. The number of nitrogens with one attached hydrogen (secondary N) is 1. The first-order valence-electron chi connectivity index (χ1n) is 12.0. The van der Waals surface area contributed by atoms with Crippen molar-refractivity contribution in [1.29, 1.82) is 0 Å². The average molecular weight is 444 g/mol. The Morgan fingerprint density at radius 3 is 2.42 bits per heavy atom. The summed E-state index contributed by atoms with van der Waals surface area (Å²) in [4.78, 5) is 4.93. The molecule has 0 spiro atoms. The number of aryl methyl sites for hydroxylation is 1. The summed E-state index contributed by atoms with van der Waals surface area (Å²) in [5.41, 5.74) is 4.40. The second-order valence-corrected chi connectivity index (χ2v) is 8.63. The van der Waals surface area contributed by atoms with Gasteiger partial charge in [-0.3, -0.25) is 0 Å². The van der Waals surface area contributed by atoms with Crippen LogP contribution in [0, 0.1) is 0 Å². The lowest BCUT2D eigenvalue weighted by molar-refractivity contribution is 0.518. The van der Waals surface area contributed by atoms with Gasteiger partial charge in [0.05, 0.1) is 0 Å². The average Bonchev–Trinajstić information content (AvgIpc) is 3.53. The van der Waals surface area contributed by atoms with Crippen molar-refractivity contribution in [2.24, 2.45) is 0 Å². The van der Waals surface area contributed by atoms with Gasteiger partial charge in [-0.05, 0) is 34.7 Å². The van der Waals surface area contributed by atoms with Gasteiger partial charge in [0.2, 0.25) is 5.82 Å². The van der Waals surface area contributed by atoms with E-state index in [4.69, 9.17) is 10.1 Å². The van der Waals surface area contributed by atoms with Crippen molar-refractivity contribution < 1.29 is 0 Å². The Morgan fingerprint density at radius 2 is 1.73 bits per heavy atom. The molecule has 1 unspecified atom stereocenters. The summed E-state index contributed by atoms with van der Waals surface area (Å²) in [6.45, 7) is 7.58. The molecule has 2 aromatic heterocycles. The summed E-state index contributed by atoms with van der Waals surface area (Å²) in [6, 6.07) is 16.8. The number of H-pyrrole nitrogens is 1. The summed E-state index contributed by atoms with van der Waals surface area (Å²) in [5.74, 6) is 3.00. The lowest BCUT2D eigenvalue weighted by atomic mass is 9.98. The summed E-state index contributed by atoms with van der Waals surface area (Å²) >= 11 is 0. The zero-order valence-corrected chi connectivity index (χ0v) is 19.8. The van der Waals surface area contributed by atoms with Crippen LogP contribution in [0.4, 0.5) is 0 Å². The molecule has 4 rings (SSSR count). The molecule has 7 heteroatoms. The van der Waals surface area contributed by atoms with Crippen molar-refractivity contribution in [2.75, 3.05) is 0 Å². The second-order valence-electron chi connectivity index (χ2n) is 8.63. The first-order chi connectivity index (χ1) is 16.2. The smallest absolute Gasteiger partial charge is 0.205 e. The minimum absolute atomic E-state index is 0.379. The molecule has 0 saturated carbocycles. The van der Waals surface area contributed by atoms with Gasteiger partial charge in [0.15, 0.2) is 5.82 Å². The maximum atomic E-state index is 4.93. The molecule has 0 bridgehead atoms. The quantitative estimate of drug-likeness (QED) is 0.296. The van der Waals surface area contributed by atoms with E-state index in [1.54, 1.807) is 0 Å². The highest BCUT2D eigenvalue weighted by atomic mass is 15.5. The molecule has 172 valence electrons. The van der Waals surface area contributed by atoms with Crippen LogP contribution in [0.15, 0.2) is 48.5 Å². The standard InChI is InChI=1S/C26H33N7/c1-4-6-7-10-17-33-24(27-25(30-33)19(3)5-2)18-20-13-15-21(16-14-20)22-11-8-9-12-23(22)26-28-31-32-29-26/h8-9,11-16,19H,4-7,10,17-18H2,1-3H3,(H,28,29,31,32). The van der Waals surface area contributed by atoms with Gasteiger partial charge in [-0.25, -0.2) is 9.67 Å². The molecule has 33 heavy (non-hydrogen) atoms. The third-order valence-corrected chi connectivity index (χ3v) is 6.18. The number of nitrogens with zero attached hydrogens (tertiary/aromatic N) is 6. The fourth-order valence-corrected chi connectivity index (χ4v) is 3.97. The second kappa shape index (κ2) is 11.0. The summed E-state index contributed by atoms with van der Waals surface area (Å²) in [7, 11) is 0. The van der Waals surface area contributed by atoms with E-state index in [0.29, 0.717) is 11.7 Å². The number of aromatic nitrogens is 7. The summed E-state index contributed by atoms with van der Waals surface area (Å²) in [5, 5.41) is 19.4. The molecule has 0 saturated heterocycles. The number of tetrazole rings is 1. The first-order valence-corrected chi connectivity index (χ1v) is 12.0. The van der Waals surface area contributed by atoms with Gasteiger partial charge in [-0.1, -0.05) is 88.6 Å². The zero-order chi connectivity index (χ0) is 23.0. The Hall–Kier alpha value is -3.35. The van der Waals surface area contributed by atoms with E-state index in [9.17, 15) is 0 Å². The highest BCUT2D eigenvalue weighted by molar-refractivity contribution is 5.80. The van der Waals surface area contributed by atoms with Crippen LogP contribution >= 0.6 is 0 Å². The number of benzene rings is 2. The van der Waals surface area contributed by atoms with Crippen LogP contribution in [0.2, 0.25) is 0 Å². The van der Waals surface area contributed by atoms with Gasteiger partial charge >= 0.3 is 0 Å². The van der Waals surface area contributed by atoms with Gasteiger partial charge in [0.25, 0.3) is 0 Å². The van der Waals surface area contributed by atoms with Crippen molar-refractivity contribution in [3.05, 3.63) is 65.7 Å². The predicted molar refractivity (Wildman–Crippen MR) is 131 cm³/mol. The lowest BCUT2D eigenvalue weighted by Gasteiger charge is -2.09. The van der Waals surface area contributed by atoms with Crippen molar-refractivity contribution in [3.63, 3.8) is 0 Å². The lowest BCUT2D eigenvalue weighted by Crippen LogP contribution is -2.07. The SMILES string of the molecule is CCCCCCn1nc(C(C)CC)nc1Cc1ccc(-c2ccccc2-c2nn[nH]n2)cc1. The number of unbranched alkanes of at least 4 members (excludes halogenated alkanes) is 3. The molecule has 0 aliphatic heterocycles. The maximum absolute atomic E-state index is 4.93. The van der Waals surface area contributed by atoms with Gasteiger partial charge in [0.1, 0.15) is 5.82 Å². The van der Waals surface area contributed by atoms with Crippen LogP contribution in [0.1, 0.15) is 76.0 Å². The number of hydrogen-bond donors (Lipinski definition) is 1. The van der Waals surface area contributed by atoms with E-state index in [2.05, 4.69) is 76.4 Å². The van der Waals surface area contributed by atoms with E-state index in [0.717, 1.165) is 54.1 Å². The molecular weight excluding hydrogens is 410 g/mol. The Balaban J connectivity index is 1.54. The monoisotopic (exact) mass is 443 g/mol. The number of rotatable bonds is 11. The van der Waals surface area contributed by atoms with Crippen LogP contribution < -0.4 is 0 Å². The van der Waals surface area contributed by atoms with E-state index in [-0.39, 0.29) is 0 Å². The van der Waals surface area contributed by atoms with Gasteiger partial charge in [-0.2, -0.15) is 10.3 Å². The molecule has 0 aliphatic rings. The molecule has 2 heterocycles. The molecule has 2 aromatic carbocycles. The normalized spacial score (nSPS) is 12.2. The third-order valence-electron chi connectivity index (χ3n) is 6.18. The van der Waals surface area contributed by atoms with Crippen molar-refractivity contribution in [2.45, 2.75) is 71.8 Å². The van der Waals surface area contributed by atoms with Gasteiger partial charge < -0.3 is 0 Å². The molecule has 1 atom stereocenters. The Labute approximate surface area is 195 Å². The van der Waals surface area contributed by atoms with Crippen molar-refractivity contribution >= 4 is 0 Å². The van der Waals surface area contributed by atoms with Crippen molar-refractivity contribution in [3.8, 4) is 22.5 Å². The molecule has 0 fully saturated rings. The van der Waals surface area contributed by atoms with Gasteiger partial charge in [0, 0.05) is 24.4 Å². The third kappa shape index (κ3) is 5.53. The minimum Gasteiger partial charge on any atom is -0.249 e. The van der Waals surface area contributed by atoms with E-state index in [1.807, 2.05) is 18.2 Å². The van der Waals surface area contributed by atoms with Crippen LogP contribution in [0.5, 0.6) is 0 Å². The predicted octanol–water partition coefficient (Wildman–Crippen LogP) is 5.81. The van der Waals surface area contributed by atoms with E-state index >= 15 is 0 Å². The fourth-order valence-electron chi connectivity index (χ4n) is 3.97. The Bertz CT molecular complexity index is 1130. The Morgan fingerprint density at radius 1 is 0.939 bits per heavy atom. The first kappa shape index (κ1) is 22.8. The molecule has 7 nitrogen and oxygen atoms in total. The number of hydrogen-bond acceptors (Lipinski definition) is 5. The molecule has 1 N–H and O–H groups in total. The number of aromatic amines is 1. The molecule has 0 amide bonds. The van der Waals surface area contributed by atoms with Crippen LogP contribution in [0.3, 0.4) is 0 Å². The minimum atomic E-state index is 0.379. The van der Waals surface area contributed by atoms with Gasteiger partial charge in [-0.15, -0.1) is 10.2 Å². The largest absolute Gasteiger partial charge is 0.249 e. The van der Waals surface area contributed by atoms with E-state index < -0.39 is 0 Å². The van der Waals surface area contributed by atoms with Crippen LogP contribution in [0.25, 0.3) is 22.5 Å². The Kier molecular flexibility index (Phi) is 7.60.